The summed E-state index contributed by atoms with van der Waals surface area (Å²) in [6, 6.07) is 10.8. The molecule has 0 aliphatic heterocycles. The van der Waals surface area contributed by atoms with Crippen molar-refractivity contribution in [1.29, 1.82) is 0 Å². The number of nitrogens with one attached hydrogen (secondary N) is 2. The van der Waals surface area contributed by atoms with Gasteiger partial charge in [-0.1, -0.05) is 23.7 Å². The molecule has 20 heavy (non-hydrogen) atoms. The summed E-state index contributed by atoms with van der Waals surface area (Å²) in [5.74, 6) is 0.440. The van der Waals surface area contributed by atoms with Crippen LogP contribution in [0.15, 0.2) is 42.5 Å². The maximum absolute atomic E-state index is 11.9. The zero-order valence-corrected chi connectivity index (χ0v) is 11.4. The number of aromatic hydroxyl groups is 1. The van der Waals surface area contributed by atoms with Gasteiger partial charge in [-0.2, -0.15) is 0 Å². The van der Waals surface area contributed by atoms with Gasteiger partial charge in [0.2, 0.25) is 0 Å². The Bertz CT molecular complexity index is 632. The summed E-state index contributed by atoms with van der Waals surface area (Å²) in [5, 5.41) is 15.2. The van der Waals surface area contributed by atoms with Crippen LogP contribution in [0.5, 0.6) is 11.5 Å². The third-order valence-electron chi connectivity index (χ3n) is 2.56. The van der Waals surface area contributed by atoms with Crippen molar-refractivity contribution in [2.45, 2.75) is 0 Å². The number of hydrogen-bond donors (Lipinski definition) is 3. The number of benzene rings is 2. The molecule has 0 radical (unpaired) electrons. The van der Waals surface area contributed by atoms with Gasteiger partial charge in [0.15, 0.2) is 0 Å². The van der Waals surface area contributed by atoms with Crippen molar-refractivity contribution in [2.24, 2.45) is 0 Å². The molecule has 0 spiro atoms. The van der Waals surface area contributed by atoms with E-state index in [1.54, 1.807) is 36.4 Å². The van der Waals surface area contributed by atoms with Crippen molar-refractivity contribution in [3.63, 3.8) is 0 Å². The van der Waals surface area contributed by atoms with Gasteiger partial charge in [-0.25, -0.2) is 4.79 Å². The molecule has 2 rings (SSSR count). The van der Waals surface area contributed by atoms with Crippen LogP contribution in [-0.2, 0) is 0 Å². The Balaban J connectivity index is 2.11. The maximum atomic E-state index is 11.9. The normalized spacial score (nSPS) is 9.90. The van der Waals surface area contributed by atoms with E-state index in [1.165, 1.54) is 13.2 Å². The number of methoxy groups -OCH3 is 1. The Morgan fingerprint density at radius 1 is 1.15 bits per heavy atom. The highest BCUT2D eigenvalue weighted by Crippen LogP contribution is 2.28. The number of phenolic OH excluding ortho intramolecular Hbond substituents is 1. The number of ether oxygens (including phenoxy) is 1. The predicted octanol–water partition coefficient (Wildman–Crippen LogP) is 3.70. The first kappa shape index (κ1) is 14.0. The molecule has 0 saturated carbocycles. The van der Waals surface area contributed by atoms with Crippen LogP contribution in [0.3, 0.4) is 0 Å². The number of rotatable bonds is 3. The molecule has 104 valence electrons. The van der Waals surface area contributed by atoms with E-state index < -0.39 is 6.03 Å². The summed E-state index contributed by atoms with van der Waals surface area (Å²) in [5.41, 5.74) is 0.794. The first-order valence-corrected chi connectivity index (χ1v) is 6.17. The lowest BCUT2D eigenvalue weighted by Crippen LogP contribution is -2.19. The Hall–Kier alpha value is -2.40. The number of carbonyl (C=O) groups is 1. The number of urea groups is 1. The lowest BCUT2D eigenvalue weighted by atomic mass is 10.3. The van der Waals surface area contributed by atoms with E-state index in [9.17, 15) is 9.90 Å². The number of hydrogen-bond acceptors (Lipinski definition) is 3. The van der Waals surface area contributed by atoms with Crippen molar-refractivity contribution < 1.29 is 14.6 Å². The number of halogens is 1. The minimum absolute atomic E-state index is 0.00859. The zero-order valence-electron chi connectivity index (χ0n) is 10.7. The molecule has 0 atom stereocenters. The lowest BCUT2D eigenvalue weighted by molar-refractivity contribution is 0.262. The first-order chi connectivity index (χ1) is 9.60. The van der Waals surface area contributed by atoms with Crippen molar-refractivity contribution in [2.75, 3.05) is 17.7 Å². The quantitative estimate of drug-likeness (QED) is 0.755. The van der Waals surface area contributed by atoms with Crippen LogP contribution in [0.2, 0.25) is 5.02 Å². The molecule has 5 nitrogen and oxygen atoms in total. The second-order valence-corrected chi connectivity index (χ2v) is 4.38. The van der Waals surface area contributed by atoms with E-state index in [2.05, 4.69) is 10.6 Å². The second-order valence-electron chi connectivity index (χ2n) is 3.94. The maximum Gasteiger partial charge on any atom is 0.323 e. The number of amides is 2. The average molecular weight is 293 g/mol. The molecule has 6 heteroatoms. The molecule has 0 aromatic heterocycles. The summed E-state index contributed by atoms with van der Waals surface area (Å²) in [7, 11) is 1.48. The van der Waals surface area contributed by atoms with Crippen molar-refractivity contribution in [3.05, 3.63) is 47.5 Å². The summed E-state index contributed by atoms with van der Waals surface area (Å²) < 4.78 is 5.12. The second kappa shape index (κ2) is 6.16. The Kier molecular flexibility index (Phi) is 4.32. The minimum Gasteiger partial charge on any atom is -0.506 e. The number of phenols is 1. The van der Waals surface area contributed by atoms with Crippen LogP contribution in [0, 0.1) is 0 Å². The van der Waals surface area contributed by atoms with Gasteiger partial charge in [-0.05, 0) is 24.3 Å². The van der Waals surface area contributed by atoms with Gasteiger partial charge in [0, 0.05) is 11.1 Å². The van der Waals surface area contributed by atoms with Crippen LogP contribution in [-0.4, -0.2) is 18.2 Å². The van der Waals surface area contributed by atoms with Gasteiger partial charge >= 0.3 is 6.03 Å². The van der Waals surface area contributed by atoms with Gasteiger partial charge in [0.1, 0.15) is 11.5 Å². The summed E-state index contributed by atoms with van der Waals surface area (Å²) in [4.78, 5) is 11.9. The monoisotopic (exact) mass is 292 g/mol. The standard InChI is InChI=1S/C14H13ClN2O3/c1-20-13-8-9(15)6-7-11(13)17-14(19)16-10-4-2-3-5-12(10)18/h2-8,18H,1H3,(H2,16,17,19). The lowest BCUT2D eigenvalue weighted by Gasteiger charge is -2.12. The van der Waals surface area contributed by atoms with E-state index >= 15 is 0 Å². The van der Waals surface area contributed by atoms with Gasteiger partial charge in [-0.3, -0.25) is 0 Å². The van der Waals surface area contributed by atoms with Gasteiger partial charge < -0.3 is 20.5 Å². The molecule has 2 amide bonds. The third-order valence-corrected chi connectivity index (χ3v) is 2.80. The topological polar surface area (TPSA) is 70.6 Å². The van der Waals surface area contributed by atoms with Crippen LogP contribution in [0.4, 0.5) is 16.2 Å². The van der Waals surface area contributed by atoms with E-state index in [0.717, 1.165) is 0 Å². The van der Waals surface area contributed by atoms with Crippen LogP contribution in [0.25, 0.3) is 0 Å². The van der Waals surface area contributed by atoms with E-state index in [4.69, 9.17) is 16.3 Å². The van der Waals surface area contributed by atoms with Crippen molar-refractivity contribution in [1.82, 2.24) is 0 Å². The van der Waals surface area contributed by atoms with Crippen LogP contribution in [0.1, 0.15) is 0 Å². The van der Waals surface area contributed by atoms with Crippen molar-refractivity contribution >= 4 is 29.0 Å². The minimum atomic E-state index is -0.493. The molecule has 0 fully saturated rings. The molecule has 2 aromatic rings. The smallest absolute Gasteiger partial charge is 0.323 e. The van der Waals surface area contributed by atoms with Crippen molar-refractivity contribution in [3.8, 4) is 11.5 Å². The predicted molar refractivity (Wildman–Crippen MR) is 78.8 cm³/mol. The zero-order chi connectivity index (χ0) is 14.5. The first-order valence-electron chi connectivity index (χ1n) is 5.79. The summed E-state index contributed by atoms with van der Waals surface area (Å²) >= 11 is 5.84. The molecule has 0 bridgehead atoms. The fraction of sp³-hybridized carbons (Fsp3) is 0.0714. The largest absolute Gasteiger partial charge is 0.506 e. The summed E-state index contributed by atoms with van der Waals surface area (Å²) in [6.45, 7) is 0. The molecular formula is C14H13ClN2O3. The molecule has 0 saturated heterocycles. The molecule has 3 N–H and O–H groups in total. The fourth-order valence-electron chi connectivity index (χ4n) is 1.62. The molecule has 0 aliphatic rings. The molecule has 0 unspecified atom stereocenters. The Morgan fingerprint density at radius 2 is 1.85 bits per heavy atom. The Labute approximate surface area is 121 Å². The van der Waals surface area contributed by atoms with Crippen LogP contribution >= 0.6 is 11.6 Å². The molecular weight excluding hydrogens is 280 g/mol. The van der Waals surface area contributed by atoms with Gasteiger partial charge in [0.05, 0.1) is 18.5 Å². The molecule has 0 heterocycles. The average Bonchev–Trinajstić information content (AvgIpc) is 2.43. The SMILES string of the molecule is COc1cc(Cl)ccc1NC(=O)Nc1ccccc1O. The van der Waals surface area contributed by atoms with Gasteiger partial charge in [-0.15, -0.1) is 0 Å². The van der Waals surface area contributed by atoms with Crippen LogP contribution < -0.4 is 15.4 Å². The number of carbonyl (C=O) groups excluding carboxylic acids is 1. The van der Waals surface area contributed by atoms with Gasteiger partial charge in [0.25, 0.3) is 0 Å². The highest BCUT2D eigenvalue weighted by Gasteiger charge is 2.09. The summed E-state index contributed by atoms with van der Waals surface area (Å²) in [6.07, 6.45) is 0. The molecule has 0 aliphatic carbocycles. The van der Waals surface area contributed by atoms with E-state index in [1.807, 2.05) is 0 Å². The number of anilines is 2. The highest BCUT2D eigenvalue weighted by atomic mass is 35.5. The van der Waals surface area contributed by atoms with E-state index in [-0.39, 0.29) is 5.75 Å². The Morgan fingerprint density at radius 3 is 2.55 bits per heavy atom. The highest BCUT2D eigenvalue weighted by molar-refractivity contribution is 6.30. The third kappa shape index (κ3) is 3.33. The molecule has 2 aromatic carbocycles. The number of para-hydroxylation sites is 2. The van der Waals surface area contributed by atoms with E-state index in [0.29, 0.717) is 22.1 Å². The fourth-order valence-corrected chi connectivity index (χ4v) is 1.79.